The molecule has 0 amide bonds. The third-order valence-corrected chi connectivity index (χ3v) is 3.81. The van der Waals surface area contributed by atoms with Gasteiger partial charge in [0.2, 0.25) is 0 Å². The van der Waals surface area contributed by atoms with Crippen molar-refractivity contribution in [3.8, 4) is 11.4 Å². The maximum absolute atomic E-state index is 5.58. The number of benzene rings is 2. The maximum Gasteiger partial charge on any atom is 0.146 e. The molecule has 0 bridgehead atoms. The molecule has 0 aliphatic heterocycles. The first-order valence-electron chi connectivity index (χ1n) is 8.30. The fourth-order valence-corrected chi connectivity index (χ4v) is 2.66. The molecule has 6 heteroatoms. The van der Waals surface area contributed by atoms with E-state index in [9.17, 15) is 0 Å². The quantitative estimate of drug-likeness (QED) is 0.581. The predicted molar refractivity (Wildman–Crippen MR) is 105 cm³/mol. The summed E-state index contributed by atoms with van der Waals surface area (Å²) in [6, 6.07) is 23.6. The standard InChI is InChI=1S/2C10H11N3/c2*1-8-7-10(11)12-13(8)9-5-3-2-4-6-9/h2*2-7H,1H3,(H2,11,12). The lowest BCUT2D eigenvalue weighted by molar-refractivity contribution is 0.851. The number of aryl methyl sites for hydroxylation is 2. The Balaban J connectivity index is 0.000000151. The van der Waals surface area contributed by atoms with Crippen molar-refractivity contribution in [3.05, 3.63) is 84.2 Å². The van der Waals surface area contributed by atoms with Crippen LogP contribution in [0.25, 0.3) is 11.4 Å². The van der Waals surface area contributed by atoms with Crippen LogP contribution in [0.4, 0.5) is 11.6 Å². The summed E-state index contributed by atoms with van der Waals surface area (Å²) in [7, 11) is 0. The number of nitrogens with zero attached hydrogens (tertiary/aromatic N) is 4. The Kier molecular flexibility index (Phi) is 5.03. The van der Waals surface area contributed by atoms with Crippen LogP contribution in [-0.2, 0) is 0 Å². The van der Waals surface area contributed by atoms with Crippen molar-refractivity contribution in [1.82, 2.24) is 19.6 Å². The maximum atomic E-state index is 5.58. The third-order valence-electron chi connectivity index (χ3n) is 3.81. The van der Waals surface area contributed by atoms with Gasteiger partial charge in [-0.1, -0.05) is 36.4 Å². The highest BCUT2D eigenvalue weighted by atomic mass is 15.3. The van der Waals surface area contributed by atoms with Gasteiger partial charge in [0.25, 0.3) is 0 Å². The third kappa shape index (κ3) is 3.92. The summed E-state index contributed by atoms with van der Waals surface area (Å²) in [5.74, 6) is 1.11. The molecular weight excluding hydrogens is 324 g/mol. The van der Waals surface area contributed by atoms with Gasteiger partial charge in [-0.05, 0) is 38.1 Å². The predicted octanol–water partition coefficient (Wildman–Crippen LogP) is 3.53. The fourth-order valence-electron chi connectivity index (χ4n) is 2.66. The first kappa shape index (κ1) is 17.3. The summed E-state index contributed by atoms with van der Waals surface area (Å²) in [6.07, 6.45) is 0. The monoisotopic (exact) mass is 346 g/mol. The zero-order chi connectivity index (χ0) is 18.5. The molecule has 2 aromatic heterocycles. The molecule has 132 valence electrons. The van der Waals surface area contributed by atoms with Gasteiger partial charge in [-0.2, -0.15) is 10.2 Å². The minimum Gasteiger partial charge on any atom is -0.382 e. The van der Waals surface area contributed by atoms with Crippen molar-refractivity contribution in [2.45, 2.75) is 13.8 Å². The summed E-state index contributed by atoms with van der Waals surface area (Å²) in [5.41, 5.74) is 15.3. The number of hydrogen-bond donors (Lipinski definition) is 2. The number of rotatable bonds is 2. The van der Waals surface area contributed by atoms with Gasteiger partial charge in [-0.15, -0.1) is 0 Å². The Hall–Kier alpha value is -3.54. The lowest BCUT2D eigenvalue weighted by atomic mass is 10.3. The van der Waals surface area contributed by atoms with Gasteiger partial charge in [-0.25, -0.2) is 9.36 Å². The summed E-state index contributed by atoms with van der Waals surface area (Å²) in [4.78, 5) is 0. The molecule has 0 spiro atoms. The number of nitrogens with two attached hydrogens (primary N) is 2. The van der Waals surface area contributed by atoms with Crippen LogP contribution in [0.5, 0.6) is 0 Å². The van der Waals surface area contributed by atoms with E-state index in [0.717, 1.165) is 22.8 Å². The highest BCUT2D eigenvalue weighted by Crippen LogP contribution is 2.12. The molecule has 0 unspecified atom stereocenters. The van der Waals surface area contributed by atoms with E-state index in [0.29, 0.717) is 11.6 Å². The second kappa shape index (κ2) is 7.57. The molecule has 6 nitrogen and oxygen atoms in total. The van der Waals surface area contributed by atoms with Gasteiger partial charge < -0.3 is 11.5 Å². The first-order chi connectivity index (χ1) is 12.5. The first-order valence-corrected chi connectivity index (χ1v) is 8.30. The van der Waals surface area contributed by atoms with Crippen LogP contribution in [-0.4, -0.2) is 19.6 Å². The highest BCUT2D eigenvalue weighted by Gasteiger charge is 2.02. The highest BCUT2D eigenvalue weighted by molar-refractivity contribution is 5.39. The van der Waals surface area contributed by atoms with Crippen LogP contribution >= 0.6 is 0 Å². The normalized spacial score (nSPS) is 10.2. The minimum atomic E-state index is 0.557. The van der Waals surface area contributed by atoms with Gasteiger partial charge in [0.15, 0.2) is 0 Å². The van der Waals surface area contributed by atoms with E-state index in [-0.39, 0.29) is 0 Å². The molecule has 2 aromatic carbocycles. The topological polar surface area (TPSA) is 87.7 Å². The SMILES string of the molecule is Cc1cc(N)nn1-c1ccccc1.Cc1cc(N)nn1-c1ccccc1. The Morgan fingerprint density at radius 1 is 0.615 bits per heavy atom. The van der Waals surface area contributed by atoms with Crippen LogP contribution in [0.3, 0.4) is 0 Å². The Morgan fingerprint density at radius 3 is 1.23 bits per heavy atom. The van der Waals surface area contributed by atoms with Gasteiger partial charge in [-0.3, -0.25) is 0 Å². The van der Waals surface area contributed by atoms with Crippen LogP contribution in [0.2, 0.25) is 0 Å². The number of nitrogen functional groups attached to an aromatic ring is 2. The van der Waals surface area contributed by atoms with Gasteiger partial charge in [0.1, 0.15) is 11.6 Å². The number of anilines is 2. The van der Waals surface area contributed by atoms with Crippen molar-refractivity contribution < 1.29 is 0 Å². The molecule has 26 heavy (non-hydrogen) atoms. The second-order valence-electron chi connectivity index (χ2n) is 5.92. The van der Waals surface area contributed by atoms with E-state index in [1.807, 2.05) is 96.0 Å². The van der Waals surface area contributed by atoms with Crippen LogP contribution in [0.15, 0.2) is 72.8 Å². The van der Waals surface area contributed by atoms with E-state index in [2.05, 4.69) is 10.2 Å². The summed E-state index contributed by atoms with van der Waals surface area (Å²) in [6.45, 7) is 3.96. The van der Waals surface area contributed by atoms with Gasteiger partial charge in [0, 0.05) is 23.5 Å². The average Bonchev–Trinajstić information content (AvgIpc) is 3.17. The second-order valence-corrected chi connectivity index (χ2v) is 5.92. The van der Waals surface area contributed by atoms with E-state index < -0.39 is 0 Å². The van der Waals surface area contributed by atoms with E-state index in [1.54, 1.807) is 0 Å². The van der Waals surface area contributed by atoms with Crippen molar-refractivity contribution >= 4 is 11.6 Å². The fraction of sp³-hybridized carbons (Fsp3) is 0.100. The van der Waals surface area contributed by atoms with Crippen molar-refractivity contribution in [2.75, 3.05) is 11.5 Å². The van der Waals surface area contributed by atoms with Gasteiger partial charge >= 0.3 is 0 Å². The summed E-state index contributed by atoms with van der Waals surface area (Å²) >= 11 is 0. The molecule has 0 atom stereocenters. The molecule has 4 N–H and O–H groups in total. The zero-order valence-electron chi connectivity index (χ0n) is 14.9. The summed E-state index contributed by atoms with van der Waals surface area (Å²) in [5, 5.41) is 8.35. The lowest BCUT2D eigenvalue weighted by Crippen LogP contribution is -1.98. The van der Waals surface area contributed by atoms with Crippen LogP contribution < -0.4 is 11.5 Å². The van der Waals surface area contributed by atoms with E-state index in [4.69, 9.17) is 11.5 Å². The molecule has 4 aromatic rings. The van der Waals surface area contributed by atoms with Gasteiger partial charge in [0.05, 0.1) is 11.4 Å². The molecule has 0 saturated carbocycles. The molecule has 0 saturated heterocycles. The van der Waals surface area contributed by atoms with Crippen molar-refractivity contribution in [3.63, 3.8) is 0 Å². The molecule has 4 rings (SSSR count). The molecule has 0 aliphatic carbocycles. The number of para-hydroxylation sites is 2. The van der Waals surface area contributed by atoms with E-state index in [1.165, 1.54) is 0 Å². The Bertz CT molecular complexity index is 888. The minimum absolute atomic E-state index is 0.557. The van der Waals surface area contributed by atoms with Crippen molar-refractivity contribution in [2.24, 2.45) is 0 Å². The Morgan fingerprint density at radius 2 is 0.962 bits per heavy atom. The summed E-state index contributed by atoms with van der Waals surface area (Å²) < 4.78 is 3.66. The molecule has 0 fully saturated rings. The largest absolute Gasteiger partial charge is 0.382 e. The molecular formula is C20H22N6. The van der Waals surface area contributed by atoms with Crippen molar-refractivity contribution in [1.29, 1.82) is 0 Å². The average molecular weight is 346 g/mol. The molecule has 0 radical (unpaired) electrons. The lowest BCUT2D eigenvalue weighted by Gasteiger charge is -2.02. The molecule has 2 heterocycles. The number of aromatic nitrogens is 4. The Labute approximate surface area is 152 Å². The van der Waals surface area contributed by atoms with Crippen LogP contribution in [0.1, 0.15) is 11.4 Å². The van der Waals surface area contributed by atoms with Crippen LogP contribution in [0, 0.1) is 13.8 Å². The number of hydrogen-bond acceptors (Lipinski definition) is 4. The zero-order valence-corrected chi connectivity index (χ0v) is 14.9. The van der Waals surface area contributed by atoms with E-state index >= 15 is 0 Å². The smallest absolute Gasteiger partial charge is 0.146 e. The molecule has 0 aliphatic rings.